The van der Waals surface area contributed by atoms with Crippen LogP contribution in [0.3, 0.4) is 0 Å². The highest BCUT2D eigenvalue weighted by Gasteiger charge is 2.34. The van der Waals surface area contributed by atoms with Crippen LogP contribution in [0.2, 0.25) is 0 Å². The number of carbonyl (C=O) groups is 2. The van der Waals surface area contributed by atoms with E-state index in [0.717, 1.165) is 15.4 Å². The number of aryl methyl sites for hydroxylation is 1. The molecule has 0 saturated heterocycles. The summed E-state index contributed by atoms with van der Waals surface area (Å²) in [5, 5.41) is 2.98. The molecule has 3 aromatic rings. The summed E-state index contributed by atoms with van der Waals surface area (Å²) in [7, 11) is -4.10. The van der Waals surface area contributed by atoms with Crippen LogP contribution in [0.1, 0.15) is 45.2 Å². The quantitative estimate of drug-likeness (QED) is 0.319. The Morgan fingerprint density at radius 2 is 1.62 bits per heavy atom. The van der Waals surface area contributed by atoms with Crippen molar-refractivity contribution >= 4 is 43.5 Å². The van der Waals surface area contributed by atoms with Crippen LogP contribution in [0.5, 0.6) is 0 Å². The highest BCUT2D eigenvalue weighted by molar-refractivity contribution is 9.10. The number of carbonyl (C=O) groups excluding carboxylic acids is 2. The van der Waals surface area contributed by atoms with Gasteiger partial charge >= 0.3 is 0 Å². The number of nitrogens with one attached hydrogen (secondary N) is 1. The van der Waals surface area contributed by atoms with Gasteiger partial charge in [0.05, 0.1) is 10.6 Å². The fraction of sp³-hybridized carbons (Fsp3) is 0.333. The first kappa shape index (κ1) is 30.4. The molecule has 208 valence electrons. The lowest BCUT2D eigenvalue weighted by Crippen LogP contribution is -2.55. The van der Waals surface area contributed by atoms with Crippen molar-refractivity contribution < 1.29 is 18.0 Å². The zero-order chi connectivity index (χ0) is 28.8. The van der Waals surface area contributed by atoms with E-state index in [1.54, 1.807) is 42.5 Å². The van der Waals surface area contributed by atoms with Crippen LogP contribution in [0.4, 0.5) is 5.69 Å². The van der Waals surface area contributed by atoms with Crippen LogP contribution >= 0.6 is 15.9 Å². The lowest BCUT2D eigenvalue weighted by molar-refractivity contribution is -0.141. The van der Waals surface area contributed by atoms with Crippen molar-refractivity contribution in [2.45, 2.75) is 64.1 Å². The van der Waals surface area contributed by atoms with E-state index in [1.165, 1.54) is 17.0 Å². The molecule has 3 rings (SSSR count). The number of sulfonamides is 1. The monoisotopic (exact) mass is 613 g/mol. The van der Waals surface area contributed by atoms with Gasteiger partial charge in [0, 0.05) is 16.6 Å². The molecule has 0 aliphatic rings. The molecule has 1 N–H and O–H groups in total. The molecule has 0 aliphatic heterocycles. The molecular weight excluding hydrogens is 578 g/mol. The number of rotatable bonds is 10. The van der Waals surface area contributed by atoms with Gasteiger partial charge < -0.3 is 10.2 Å². The van der Waals surface area contributed by atoms with E-state index in [2.05, 4.69) is 21.2 Å². The van der Waals surface area contributed by atoms with Crippen LogP contribution in [0.25, 0.3) is 0 Å². The lowest BCUT2D eigenvalue weighted by atomic mass is 10.0. The second-order valence-electron chi connectivity index (χ2n) is 10.5. The van der Waals surface area contributed by atoms with Crippen LogP contribution in [0.15, 0.2) is 88.2 Å². The Morgan fingerprint density at radius 1 is 0.949 bits per heavy atom. The Morgan fingerprint density at radius 3 is 2.21 bits per heavy atom. The third-order valence-corrected chi connectivity index (χ3v) is 8.31. The fourth-order valence-corrected chi connectivity index (χ4v) is 6.07. The van der Waals surface area contributed by atoms with Crippen LogP contribution in [-0.2, 0) is 26.2 Å². The molecule has 9 heteroatoms. The number of benzene rings is 3. The number of hydrogen-bond acceptors (Lipinski definition) is 4. The highest BCUT2D eigenvalue weighted by Crippen LogP contribution is 2.27. The predicted octanol–water partition coefficient (Wildman–Crippen LogP) is 5.67. The first-order chi connectivity index (χ1) is 18.3. The topological polar surface area (TPSA) is 86.8 Å². The molecule has 7 nitrogen and oxygen atoms in total. The molecule has 0 radical (unpaired) electrons. The van der Waals surface area contributed by atoms with Gasteiger partial charge in [-0.05, 0) is 70.0 Å². The Kier molecular flexibility index (Phi) is 9.96. The van der Waals surface area contributed by atoms with Gasteiger partial charge in [0.15, 0.2) is 0 Å². The molecular formula is C30H36BrN3O4S. The number of nitrogens with zero attached hydrogens (tertiary/aromatic N) is 2. The average Bonchev–Trinajstić information content (AvgIpc) is 2.86. The summed E-state index contributed by atoms with van der Waals surface area (Å²) in [5.74, 6) is -0.766. The minimum absolute atomic E-state index is 0.0699. The SMILES string of the molecule is CC[C@@H](C(=O)NC(C)(C)C)N(Cc1cccc(C)c1)C(=O)CN(c1cccc(Br)c1)S(=O)(=O)c1ccccc1. The van der Waals surface area contributed by atoms with Gasteiger partial charge in [-0.15, -0.1) is 0 Å². The number of halogens is 1. The zero-order valence-corrected chi connectivity index (χ0v) is 25.4. The van der Waals surface area contributed by atoms with Crippen molar-refractivity contribution in [2.24, 2.45) is 0 Å². The van der Waals surface area contributed by atoms with E-state index in [9.17, 15) is 18.0 Å². The summed E-state index contributed by atoms with van der Waals surface area (Å²) in [6, 6.07) is 21.7. The van der Waals surface area contributed by atoms with Gasteiger partial charge in [-0.3, -0.25) is 13.9 Å². The maximum atomic E-state index is 14.1. The Labute approximate surface area is 240 Å². The Hall–Kier alpha value is -3.17. The molecule has 0 spiro atoms. The van der Waals surface area contributed by atoms with Crippen molar-refractivity contribution in [3.05, 3.63) is 94.5 Å². The molecule has 0 aromatic heterocycles. The van der Waals surface area contributed by atoms with Crippen LogP contribution in [-0.4, -0.2) is 43.3 Å². The predicted molar refractivity (Wildman–Crippen MR) is 159 cm³/mol. The van der Waals surface area contributed by atoms with E-state index < -0.39 is 34.1 Å². The zero-order valence-electron chi connectivity index (χ0n) is 23.0. The summed E-state index contributed by atoms with van der Waals surface area (Å²) in [6.07, 6.45) is 0.363. The minimum Gasteiger partial charge on any atom is -0.350 e. The molecule has 39 heavy (non-hydrogen) atoms. The van der Waals surface area contributed by atoms with E-state index in [1.807, 2.05) is 58.9 Å². The number of anilines is 1. The maximum absolute atomic E-state index is 14.1. The van der Waals surface area contributed by atoms with Crippen molar-refractivity contribution in [3.8, 4) is 0 Å². The molecule has 0 saturated carbocycles. The van der Waals surface area contributed by atoms with E-state index >= 15 is 0 Å². The fourth-order valence-electron chi connectivity index (χ4n) is 4.26. The normalized spacial score (nSPS) is 12.5. The van der Waals surface area contributed by atoms with E-state index in [4.69, 9.17) is 0 Å². The van der Waals surface area contributed by atoms with Gasteiger partial charge in [-0.25, -0.2) is 8.42 Å². The van der Waals surface area contributed by atoms with Gasteiger partial charge in [0.25, 0.3) is 10.0 Å². The van der Waals surface area contributed by atoms with E-state index in [0.29, 0.717) is 16.6 Å². The largest absolute Gasteiger partial charge is 0.350 e. The minimum atomic E-state index is -4.10. The standard InChI is InChI=1S/C30H36BrN3O4S/c1-6-27(29(36)32-30(3,4)5)33(20-23-13-10-12-22(2)18-23)28(35)21-34(25-15-11-14-24(31)19-25)39(37,38)26-16-8-7-9-17-26/h7-19,27H,6,20-21H2,1-5H3,(H,32,36)/t27-/m0/s1. The second-order valence-corrected chi connectivity index (χ2v) is 13.3. The summed E-state index contributed by atoms with van der Waals surface area (Å²) in [4.78, 5) is 29.0. The smallest absolute Gasteiger partial charge is 0.264 e. The summed E-state index contributed by atoms with van der Waals surface area (Å²) in [5.41, 5.74) is 1.71. The molecule has 0 fully saturated rings. The van der Waals surface area contributed by atoms with Crippen molar-refractivity contribution in [1.82, 2.24) is 10.2 Å². The van der Waals surface area contributed by atoms with Gasteiger partial charge in [0.2, 0.25) is 11.8 Å². The van der Waals surface area contributed by atoms with Crippen LogP contribution in [0, 0.1) is 6.92 Å². The molecule has 1 atom stereocenters. The summed E-state index contributed by atoms with van der Waals surface area (Å²) in [6.45, 7) is 9.13. The highest BCUT2D eigenvalue weighted by atomic mass is 79.9. The van der Waals surface area contributed by atoms with Crippen molar-refractivity contribution in [2.75, 3.05) is 10.8 Å². The molecule has 0 aliphatic carbocycles. The van der Waals surface area contributed by atoms with Crippen molar-refractivity contribution in [3.63, 3.8) is 0 Å². The first-order valence-corrected chi connectivity index (χ1v) is 15.1. The third kappa shape index (κ3) is 8.16. The van der Waals surface area contributed by atoms with Gasteiger partial charge in [0.1, 0.15) is 12.6 Å². The van der Waals surface area contributed by atoms with Crippen LogP contribution < -0.4 is 9.62 Å². The molecule has 0 bridgehead atoms. The Balaban J connectivity index is 2.07. The van der Waals surface area contributed by atoms with Gasteiger partial charge in [-0.1, -0.05) is 76.9 Å². The summed E-state index contributed by atoms with van der Waals surface area (Å²) >= 11 is 3.41. The molecule has 3 aromatic carbocycles. The molecule has 0 heterocycles. The van der Waals surface area contributed by atoms with Crippen molar-refractivity contribution in [1.29, 1.82) is 0 Å². The summed E-state index contributed by atoms with van der Waals surface area (Å²) < 4.78 is 29.4. The molecule has 2 amide bonds. The maximum Gasteiger partial charge on any atom is 0.264 e. The second kappa shape index (κ2) is 12.8. The third-order valence-electron chi connectivity index (χ3n) is 6.03. The first-order valence-electron chi connectivity index (χ1n) is 12.8. The average molecular weight is 615 g/mol. The van der Waals surface area contributed by atoms with E-state index in [-0.39, 0.29) is 17.3 Å². The van der Waals surface area contributed by atoms with Gasteiger partial charge in [-0.2, -0.15) is 0 Å². The Bertz CT molecular complexity index is 1400. The number of hydrogen-bond donors (Lipinski definition) is 1. The lowest BCUT2D eigenvalue weighted by Gasteiger charge is -2.35. The number of amides is 2. The molecule has 0 unspecified atom stereocenters.